The predicted octanol–water partition coefficient (Wildman–Crippen LogP) is 4.22. The van der Waals surface area contributed by atoms with Crippen molar-refractivity contribution in [3.63, 3.8) is 0 Å². The molecule has 6 heteroatoms. The molecule has 0 aliphatic carbocycles. The first-order chi connectivity index (χ1) is 11.8. The minimum absolute atomic E-state index is 0.120. The van der Waals surface area contributed by atoms with E-state index in [0.717, 1.165) is 11.4 Å². The Kier molecular flexibility index (Phi) is 4.44. The fraction of sp³-hybridized carbons (Fsp3) is 0.263. The number of pyridine rings is 1. The molecule has 0 saturated carbocycles. The summed E-state index contributed by atoms with van der Waals surface area (Å²) in [5, 5.41) is 3.19. The van der Waals surface area contributed by atoms with Crippen LogP contribution in [0.3, 0.4) is 0 Å². The first kappa shape index (κ1) is 17.0. The lowest BCUT2D eigenvalue weighted by molar-refractivity contribution is -0.114. The number of anilines is 1. The maximum Gasteiger partial charge on any atom is 0.221 e. The Bertz CT molecular complexity index is 969. The minimum atomic E-state index is -0.482. The van der Waals surface area contributed by atoms with Gasteiger partial charge in [-0.2, -0.15) is 0 Å². The monoisotopic (exact) mass is 338 g/mol. The minimum Gasteiger partial charge on any atom is -0.324 e. The van der Waals surface area contributed by atoms with Crippen molar-refractivity contribution in [1.82, 2.24) is 15.0 Å². The Labute approximate surface area is 145 Å². The Balaban J connectivity index is 2.16. The number of halogens is 1. The molecule has 0 aliphatic rings. The normalized spacial score (nSPS) is 11.1. The van der Waals surface area contributed by atoms with Crippen molar-refractivity contribution < 1.29 is 9.18 Å². The molecule has 0 fully saturated rings. The summed E-state index contributed by atoms with van der Waals surface area (Å²) in [6.45, 7) is 7.30. The van der Waals surface area contributed by atoms with Gasteiger partial charge < -0.3 is 5.32 Å². The number of carbonyl (C=O) groups excluding carboxylic acids is 1. The number of nitrogens with one attached hydrogen (secondary N) is 1. The summed E-state index contributed by atoms with van der Waals surface area (Å²) in [6, 6.07) is 6.63. The van der Waals surface area contributed by atoms with Crippen LogP contribution in [-0.2, 0) is 4.79 Å². The van der Waals surface area contributed by atoms with Crippen LogP contribution in [0.5, 0.6) is 0 Å². The molecule has 2 heterocycles. The molecule has 0 saturated heterocycles. The van der Waals surface area contributed by atoms with Crippen LogP contribution < -0.4 is 5.32 Å². The molecule has 0 spiro atoms. The molecule has 0 atom stereocenters. The smallest absolute Gasteiger partial charge is 0.221 e. The largest absolute Gasteiger partial charge is 0.324 e. The fourth-order valence-corrected chi connectivity index (χ4v) is 2.63. The van der Waals surface area contributed by atoms with E-state index in [1.807, 2.05) is 26.8 Å². The first-order valence-corrected chi connectivity index (χ1v) is 8.07. The zero-order valence-electron chi connectivity index (χ0n) is 14.6. The lowest BCUT2D eigenvalue weighted by Gasteiger charge is -2.11. The van der Waals surface area contributed by atoms with Crippen LogP contribution in [0.2, 0.25) is 0 Å². The topological polar surface area (TPSA) is 67.8 Å². The molecule has 0 bridgehead atoms. The molecule has 0 aliphatic heterocycles. The quantitative estimate of drug-likeness (QED) is 0.776. The Morgan fingerprint density at radius 1 is 1.16 bits per heavy atom. The van der Waals surface area contributed by atoms with Crippen molar-refractivity contribution in [2.24, 2.45) is 0 Å². The number of aromatic nitrogens is 3. The lowest BCUT2D eigenvalue weighted by atomic mass is 10.1. The SMILES string of the molecule is CC(=O)Nc1cc2nc(-c3ccnc(C(C)C)n3)cc(C)c2cc1F. The van der Waals surface area contributed by atoms with Crippen molar-refractivity contribution in [2.75, 3.05) is 5.32 Å². The van der Waals surface area contributed by atoms with Crippen LogP contribution >= 0.6 is 0 Å². The van der Waals surface area contributed by atoms with Gasteiger partial charge >= 0.3 is 0 Å². The van der Waals surface area contributed by atoms with E-state index in [1.54, 1.807) is 18.3 Å². The second-order valence-corrected chi connectivity index (χ2v) is 6.31. The molecular weight excluding hydrogens is 319 g/mol. The third-order valence-electron chi connectivity index (χ3n) is 3.87. The number of aryl methyl sites for hydroxylation is 1. The number of carbonyl (C=O) groups is 1. The summed E-state index contributed by atoms with van der Waals surface area (Å²) in [6.07, 6.45) is 1.71. The molecule has 1 N–H and O–H groups in total. The molecule has 3 rings (SSSR count). The summed E-state index contributed by atoms with van der Waals surface area (Å²) in [5.74, 6) is 0.144. The second-order valence-electron chi connectivity index (χ2n) is 6.31. The van der Waals surface area contributed by atoms with E-state index >= 15 is 0 Å². The van der Waals surface area contributed by atoms with Gasteiger partial charge in [-0.25, -0.2) is 19.3 Å². The van der Waals surface area contributed by atoms with Crippen molar-refractivity contribution >= 4 is 22.5 Å². The summed E-state index contributed by atoms with van der Waals surface area (Å²) < 4.78 is 14.2. The highest BCUT2D eigenvalue weighted by molar-refractivity contribution is 5.93. The third kappa shape index (κ3) is 3.47. The van der Waals surface area contributed by atoms with Gasteiger partial charge in [-0.05, 0) is 36.8 Å². The van der Waals surface area contributed by atoms with Gasteiger partial charge in [-0.1, -0.05) is 13.8 Å². The number of benzene rings is 1. The van der Waals surface area contributed by atoms with E-state index < -0.39 is 5.82 Å². The van der Waals surface area contributed by atoms with Crippen molar-refractivity contribution in [3.8, 4) is 11.4 Å². The predicted molar refractivity (Wildman–Crippen MR) is 95.9 cm³/mol. The van der Waals surface area contributed by atoms with E-state index in [4.69, 9.17) is 0 Å². The zero-order valence-corrected chi connectivity index (χ0v) is 14.6. The van der Waals surface area contributed by atoms with Gasteiger partial charge in [0.05, 0.1) is 22.6 Å². The van der Waals surface area contributed by atoms with Crippen molar-refractivity contribution in [1.29, 1.82) is 0 Å². The van der Waals surface area contributed by atoms with Crippen LogP contribution in [0.1, 0.15) is 38.1 Å². The molecule has 1 aromatic carbocycles. The standard InChI is InChI=1S/C19H19FN4O/c1-10(2)19-21-6-5-15(24-19)18-7-11(3)13-8-14(20)17(22-12(4)25)9-16(13)23-18/h5-10H,1-4H3,(H,22,25). The molecule has 25 heavy (non-hydrogen) atoms. The average molecular weight is 338 g/mol. The molecule has 2 aromatic heterocycles. The number of rotatable bonds is 3. The van der Waals surface area contributed by atoms with Gasteiger partial charge in [0.1, 0.15) is 11.6 Å². The van der Waals surface area contributed by atoms with Crippen LogP contribution in [0, 0.1) is 12.7 Å². The lowest BCUT2D eigenvalue weighted by Crippen LogP contribution is -2.07. The number of hydrogen-bond acceptors (Lipinski definition) is 4. The van der Waals surface area contributed by atoms with Crippen LogP contribution in [0.15, 0.2) is 30.5 Å². The highest BCUT2D eigenvalue weighted by atomic mass is 19.1. The maximum atomic E-state index is 14.2. The Hall–Kier alpha value is -2.89. The summed E-state index contributed by atoms with van der Waals surface area (Å²) in [4.78, 5) is 24.7. The average Bonchev–Trinajstić information content (AvgIpc) is 2.56. The molecule has 5 nitrogen and oxygen atoms in total. The Morgan fingerprint density at radius 3 is 2.60 bits per heavy atom. The molecule has 0 unspecified atom stereocenters. The van der Waals surface area contributed by atoms with Crippen LogP contribution in [-0.4, -0.2) is 20.9 Å². The van der Waals surface area contributed by atoms with E-state index in [2.05, 4.69) is 20.3 Å². The summed E-state index contributed by atoms with van der Waals surface area (Å²) >= 11 is 0. The van der Waals surface area contributed by atoms with Gasteiger partial charge in [0.25, 0.3) is 0 Å². The number of amides is 1. The van der Waals surface area contributed by atoms with Gasteiger partial charge in [-0.3, -0.25) is 4.79 Å². The van der Waals surface area contributed by atoms with Gasteiger partial charge in [0, 0.05) is 24.4 Å². The molecular formula is C19H19FN4O. The number of hydrogen-bond donors (Lipinski definition) is 1. The molecule has 1 amide bonds. The van der Waals surface area contributed by atoms with E-state index in [-0.39, 0.29) is 17.5 Å². The Morgan fingerprint density at radius 2 is 1.92 bits per heavy atom. The van der Waals surface area contributed by atoms with Gasteiger partial charge in [0.15, 0.2) is 0 Å². The number of nitrogens with zero attached hydrogens (tertiary/aromatic N) is 3. The van der Waals surface area contributed by atoms with E-state index in [0.29, 0.717) is 22.3 Å². The van der Waals surface area contributed by atoms with E-state index in [9.17, 15) is 9.18 Å². The summed E-state index contributed by atoms with van der Waals surface area (Å²) in [7, 11) is 0. The van der Waals surface area contributed by atoms with E-state index in [1.165, 1.54) is 13.0 Å². The van der Waals surface area contributed by atoms with Gasteiger partial charge in [0.2, 0.25) is 5.91 Å². The van der Waals surface area contributed by atoms with Crippen molar-refractivity contribution in [2.45, 2.75) is 33.6 Å². The maximum absolute atomic E-state index is 14.2. The highest BCUT2D eigenvalue weighted by Crippen LogP contribution is 2.28. The molecule has 3 aromatic rings. The third-order valence-corrected chi connectivity index (χ3v) is 3.87. The molecule has 0 radical (unpaired) electrons. The first-order valence-electron chi connectivity index (χ1n) is 8.07. The molecule has 128 valence electrons. The van der Waals surface area contributed by atoms with Crippen molar-refractivity contribution in [3.05, 3.63) is 47.7 Å². The number of fused-ring (bicyclic) bond motifs is 1. The fourth-order valence-electron chi connectivity index (χ4n) is 2.63. The zero-order chi connectivity index (χ0) is 18.1. The van der Waals surface area contributed by atoms with Gasteiger partial charge in [-0.15, -0.1) is 0 Å². The summed E-state index contributed by atoms with van der Waals surface area (Å²) in [5.41, 5.74) is 3.02. The van der Waals surface area contributed by atoms with Crippen LogP contribution in [0.25, 0.3) is 22.3 Å². The van der Waals surface area contributed by atoms with Crippen LogP contribution in [0.4, 0.5) is 10.1 Å². The second kappa shape index (κ2) is 6.55. The highest BCUT2D eigenvalue weighted by Gasteiger charge is 2.12.